The first-order valence-corrected chi connectivity index (χ1v) is 7.17. The number of hydrogen-bond donors (Lipinski definition) is 0. The van der Waals surface area contributed by atoms with E-state index in [1.807, 2.05) is 10.4 Å². The Balaban J connectivity index is 1.70. The minimum absolute atomic E-state index is 0.288. The zero-order valence-corrected chi connectivity index (χ0v) is 11.8. The summed E-state index contributed by atoms with van der Waals surface area (Å²) in [5, 5.41) is 19.2. The monoisotopic (exact) mass is 308 g/mol. The van der Waals surface area contributed by atoms with Crippen LogP contribution in [-0.4, -0.2) is 47.4 Å². The normalized spacial score (nSPS) is 15.7. The van der Waals surface area contributed by atoms with E-state index >= 15 is 0 Å². The predicted molar refractivity (Wildman–Crippen MR) is 76.5 cm³/mol. The first-order valence-electron chi connectivity index (χ1n) is 6.29. The van der Waals surface area contributed by atoms with Gasteiger partial charge in [0.1, 0.15) is 4.92 Å². The van der Waals surface area contributed by atoms with E-state index in [9.17, 15) is 10.1 Å². The molecule has 1 aliphatic rings. The molecular weight excluding hydrogens is 296 g/mol. The lowest BCUT2D eigenvalue weighted by Crippen LogP contribution is -2.32. The molecule has 2 aromatic heterocycles. The summed E-state index contributed by atoms with van der Waals surface area (Å²) in [5.41, 5.74) is 0.695. The average Bonchev–Trinajstić information content (AvgIpc) is 3.15. The van der Waals surface area contributed by atoms with E-state index < -0.39 is 4.92 Å². The smallest absolute Gasteiger partial charge is 0.398 e. The van der Waals surface area contributed by atoms with Crippen molar-refractivity contribution in [2.75, 3.05) is 26.3 Å². The van der Waals surface area contributed by atoms with Crippen molar-refractivity contribution < 1.29 is 14.1 Å². The molecule has 0 bridgehead atoms. The van der Waals surface area contributed by atoms with Crippen molar-refractivity contribution in [1.82, 2.24) is 9.99 Å². The SMILES string of the molecule is O=[N+]([O-])c1ccc(-c2nc(C=NN3CCOCC3)cs2)o1. The highest BCUT2D eigenvalue weighted by Crippen LogP contribution is 2.28. The van der Waals surface area contributed by atoms with Gasteiger partial charge in [-0.2, -0.15) is 5.10 Å². The Hall–Kier alpha value is -2.26. The second-order valence-corrected chi connectivity index (χ2v) is 5.14. The molecule has 1 aliphatic heterocycles. The van der Waals surface area contributed by atoms with E-state index in [-0.39, 0.29) is 5.88 Å². The van der Waals surface area contributed by atoms with Gasteiger partial charge in [0, 0.05) is 5.38 Å². The Morgan fingerprint density at radius 3 is 2.95 bits per heavy atom. The number of furan rings is 1. The molecule has 3 rings (SSSR count). The minimum Gasteiger partial charge on any atom is -0.398 e. The van der Waals surface area contributed by atoms with Gasteiger partial charge in [-0.05, 0) is 6.07 Å². The van der Waals surface area contributed by atoms with Crippen LogP contribution in [0.1, 0.15) is 5.69 Å². The lowest BCUT2D eigenvalue weighted by Gasteiger charge is -2.23. The molecule has 8 nitrogen and oxygen atoms in total. The van der Waals surface area contributed by atoms with Crippen LogP contribution in [-0.2, 0) is 4.74 Å². The molecule has 0 unspecified atom stereocenters. The van der Waals surface area contributed by atoms with E-state index in [0.29, 0.717) is 29.7 Å². The third-order valence-corrected chi connectivity index (χ3v) is 3.72. The van der Waals surface area contributed by atoms with Gasteiger partial charge in [0.15, 0.2) is 10.8 Å². The number of morpholine rings is 1. The third kappa shape index (κ3) is 3.26. The van der Waals surface area contributed by atoms with Crippen LogP contribution in [0, 0.1) is 10.1 Å². The largest absolute Gasteiger partial charge is 0.433 e. The molecule has 1 saturated heterocycles. The third-order valence-electron chi connectivity index (χ3n) is 2.85. The minimum atomic E-state index is -0.572. The van der Waals surface area contributed by atoms with Crippen LogP contribution in [0.15, 0.2) is 27.0 Å². The fourth-order valence-electron chi connectivity index (χ4n) is 1.81. The summed E-state index contributed by atoms with van der Waals surface area (Å²) in [6, 6.07) is 2.86. The highest BCUT2D eigenvalue weighted by molar-refractivity contribution is 7.13. The van der Waals surface area contributed by atoms with Crippen LogP contribution < -0.4 is 0 Å². The van der Waals surface area contributed by atoms with Crippen molar-refractivity contribution in [3.05, 3.63) is 33.3 Å². The number of thiazole rings is 1. The van der Waals surface area contributed by atoms with Crippen LogP contribution in [0.3, 0.4) is 0 Å². The van der Waals surface area contributed by atoms with Crippen molar-refractivity contribution in [2.24, 2.45) is 5.10 Å². The van der Waals surface area contributed by atoms with E-state index in [4.69, 9.17) is 9.15 Å². The summed E-state index contributed by atoms with van der Waals surface area (Å²) in [7, 11) is 0. The second-order valence-electron chi connectivity index (χ2n) is 4.28. The van der Waals surface area contributed by atoms with E-state index in [1.54, 1.807) is 12.3 Å². The first-order chi connectivity index (χ1) is 10.2. The highest BCUT2D eigenvalue weighted by Gasteiger charge is 2.15. The summed E-state index contributed by atoms with van der Waals surface area (Å²) in [5.74, 6) is 0.0986. The molecule has 0 amide bonds. The molecule has 0 saturated carbocycles. The maximum atomic E-state index is 10.6. The van der Waals surface area contributed by atoms with Gasteiger partial charge in [0.05, 0.1) is 44.3 Å². The summed E-state index contributed by atoms with van der Waals surface area (Å²) in [6.45, 7) is 2.88. The van der Waals surface area contributed by atoms with E-state index in [0.717, 1.165) is 13.1 Å². The molecule has 3 heterocycles. The quantitative estimate of drug-likeness (QED) is 0.487. The molecule has 0 N–H and O–H groups in total. The molecule has 110 valence electrons. The lowest BCUT2D eigenvalue weighted by atomic mass is 10.4. The van der Waals surface area contributed by atoms with Crippen molar-refractivity contribution in [2.45, 2.75) is 0 Å². The highest BCUT2D eigenvalue weighted by atomic mass is 32.1. The fraction of sp³-hybridized carbons (Fsp3) is 0.333. The number of nitrogens with zero attached hydrogens (tertiary/aromatic N) is 4. The molecule has 21 heavy (non-hydrogen) atoms. The number of rotatable bonds is 4. The van der Waals surface area contributed by atoms with Gasteiger partial charge in [-0.15, -0.1) is 11.3 Å². The van der Waals surface area contributed by atoms with Crippen LogP contribution in [0.25, 0.3) is 10.8 Å². The molecular formula is C12H12N4O4S. The fourth-order valence-corrected chi connectivity index (χ4v) is 2.54. The number of ether oxygens (including phenoxy) is 1. The number of hydrazone groups is 1. The van der Waals surface area contributed by atoms with Gasteiger partial charge < -0.3 is 9.15 Å². The number of nitro groups is 1. The zero-order valence-electron chi connectivity index (χ0n) is 11.0. The topological polar surface area (TPSA) is 94.0 Å². The molecule has 0 spiro atoms. The van der Waals surface area contributed by atoms with Crippen LogP contribution in [0.2, 0.25) is 0 Å². The molecule has 0 atom stereocenters. The zero-order chi connectivity index (χ0) is 14.7. The lowest BCUT2D eigenvalue weighted by molar-refractivity contribution is -0.401. The van der Waals surface area contributed by atoms with Gasteiger partial charge >= 0.3 is 5.88 Å². The van der Waals surface area contributed by atoms with Gasteiger partial charge in [0.2, 0.25) is 0 Å². The standard InChI is InChI=1S/C12H12N4O4S/c17-16(18)11-2-1-10(20-11)12-14-9(8-21-12)7-13-15-3-5-19-6-4-15/h1-2,7-8H,3-6H2. The maximum absolute atomic E-state index is 10.6. The molecule has 0 aliphatic carbocycles. The van der Waals surface area contributed by atoms with Crippen molar-refractivity contribution in [3.8, 4) is 10.8 Å². The molecule has 1 fully saturated rings. The summed E-state index contributed by atoms with van der Waals surface area (Å²) < 4.78 is 10.4. The molecule has 0 radical (unpaired) electrons. The molecule has 2 aromatic rings. The summed E-state index contributed by atoms with van der Waals surface area (Å²) in [4.78, 5) is 14.3. The van der Waals surface area contributed by atoms with Gasteiger partial charge in [0.25, 0.3) is 0 Å². The van der Waals surface area contributed by atoms with E-state index in [2.05, 4.69) is 10.1 Å². The van der Waals surface area contributed by atoms with Crippen molar-refractivity contribution in [1.29, 1.82) is 0 Å². The van der Waals surface area contributed by atoms with E-state index in [1.165, 1.54) is 17.4 Å². The second kappa shape index (κ2) is 6.02. The Morgan fingerprint density at radius 1 is 1.43 bits per heavy atom. The maximum Gasteiger partial charge on any atom is 0.433 e. The van der Waals surface area contributed by atoms with Crippen LogP contribution in [0.5, 0.6) is 0 Å². The Bertz CT molecular complexity index is 660. The Kier molecular flexibility index (Phi) is 3.93. The average molecular weight is 308 g/mol. The predicted octanol–water partition coefficient (Wildman–Crippen LogP) is 1.98. The Morgan fingerprint density at radius 2 is 2.24 bits per heavy atom. The van der Waals surface area contributed by atoms with Gasteiger partial charge in [-0.3, -0.25) is 15.1 Å². The molecule has 0 aromatic carbocycles. The van der Waals surface area contributed by atoms with Gasteiger partial charge in [-0.25, -0.2) is 4.98 Å². The summed E-state index contributed by atoms with van der Waals surface area (Å²) in [6.07, 6.45) is 1.67. The first kappa shape index (κ1) is 13.7. The molecule has 9 heteroatoms. The summed E-state index contributed by atoms with van der Waals surface area (Å²) >= 11 is 1.35. The van der Waals surface area contributed by atoms with Gasteiger partial charge in [-0.1, -0.05) is 0 Å². The van der Waals surface area contributed by atoms with Crippen molar-refractivity contribution >= 4 is 23.4 Å². The van der Waals surface area contributed by atoms with Crippen molar-refractivity contribution in [3.63, 3.8) is 0 Å². The van der Waals surface area contributed by atoms with Crippen LogP contribution >= 0.6 is 11.3 Å². The van der Waals surface area contributed by atoms with Crippen LogP contribution in [0.4, 0.5) is 5.88 Å². The Labute approximate surface area is 123 Å². The number of hydrogen-bond acceptors (Lipinski definition) is 8. The number of aromatic nitrogens is 1.